The molecule has 1 aromatic carbocycles. The lowest BCUT2D eigenvalue weighted by atomic mass is 9.81. The van der Waals surface area contributed by atoms with Crippen molar-refractivity contribution in [3.8, 4) is 10.4 Å². The first-order valence-electron chi connectivity index (χ1n) is 12.8. The van der Waals surface area contributed by atoms with Crippen LogP contribution in [0.1, 0.15) is 93.5 Å². The molecule has 2 heterocycles. The minimum atomic E-state index is -0.677. The number of β-amino-alcohol motifs (C(OH)–C–C–N with tert-alkyl or cyclic N) is 1. The normalized spacial score (nSPS) is 19.3. The van der Waals surface area contributed by atoms with Gasteiger partial charge in [-0.15, -0.1) is 11.3 Å². The molecule has 1 saturated heterocycles. The summed E-state index contributed by atoms with van der Waals surface area (Å²) in [7, 11) is 0. The highest BCUT2D eigenvalue weighted by Crippen LogP contribution is 2.31. The number of aryl methyl sites for hydroxylation is 1. The second kappa shape index (κ2) is 13.0. The van der Waals surface area contributed by atoms with E-state index in [2.05, 4.69) is 38.0 Å². The van der Waals surface area contributed by atoms with Gasteiger partial charge in [-0.25, -0.2) is 4.98 Å². The van der Waals surface area contributed by atoms with Gasteiger partial charge < -0.3 is 15.3 Å². The monoisotopic (exact) mass is 531 g/mol. The Labute approximate surface area is 228 Å². The summed E-state index contributed by atoms with van der Waals surface area (Å²) in [4.78, 5) is 33.0. The molecule has 1 aromatic heterocycles. The lowest BCUT2D eigenvalue weighted by Crippen LogP contribution is -2.49. The van der Waals surface area contributed by atoms with Gasteiger partial charge in [-0.05, 0) is 35.8 Å². The first kappa shape index (κ1) is 32.8. The van der Waals surface area contributed by atoms with Crippen LogP contribution in [0.4, 0.5) is 0 Å². The van der Waals surface area contributed by atoms with Gasteiger partial charge in [0.1, 0.15) is 6.04 Å². The summed E-state index contributed by atoms with van der Waals surface area (Å²) in [6, 6.07) is 7.24. The van der Waals surface area contributed by atoms with E-state index in [1.54, 1.807) is 16.2 Å². The van der Waals surface area contributed by atoms with Gasteiger partial charge in [0.05, 0.1) is 28.2 Å². The van der Waals surface area contributed by atoms with Crippen LogP contribution < -0.4 is 5.32 Å². The standard InChI is InChI=1S/C24H33N3O3S.C5H12.CH4/c1-14(24(4,5)6)23(30)27-12-19(28)11-20(27)22(29)26-15(2)17-7-9-18(10-8-17)21-16(3)25-13-31-21;1-5(2,3)4;/h7-10,13-15,19-20,28H,11-12H2,1-6H3,(H,26,29);1-4H3;1H4/t14-,15+,19-,20+;;/m1../s1. The van der Waals surface area contributed by atoms with Crippen molar-refractivity contribution in [2.24, 2.45) is 16.7 Å². The molecule has 7 heteroatoms. The van der Waals surface area contributed by atoms with Crippen LogP contribution in [0.25, 0.3) is 10.4 Å². The molecule has 3 rings (SSSR count). The van der Waals surface area contributed by atoms with Crippen molar-refractivity contribution < 1.29 is 14.7 Å². The van der Waals surface area contributed by atoms with Crippen molar-refractivity contribution in [2.75, 3.05) is 6.54 Å². The number of likely N-dealkylation sites (tertiary alicyclic amines) is 1. The molecule has 0 unspecified atom stereocenters. The van der Waals surface area contributed by atoms with Crippen molar-refractivity contribution in [3.63, 3.8) is 0 Å². The fourth-order valence-corrected chi connectivity index (χ4v) is 4.63. The number of hydrogen-bond donors (Lipinski definition) is 2. The second-order valence-electron chi connectivity index (χ2n) is 12.6. The molecule has 1 aliphatic rings. The SMILES string of the molecule is C.CC(C)(C)C.Cc1ncsc1-c1ccc([C@H](C)NC(=O)[C@@H]2C[C@@H](O)CN2C(=O)[C@@H](C)C(C)(C)C)cc1. The average molecular weight is 532 g/mol. The average Bonchev–Trinajstić information content (AvgIpc) is 3.36. The first-order valence-corrected chi connectivity index (χ1v) is 13.7. The predicted octanol–water partition coefficient (Wildman–Crippen LogP) is 6.63. The Morgan fingerprint density at radius 2 is 1.62 bits per heavy atom. The predicted molar refractivity (Wildman–Crippen MR) is 155 cm³/mol. The number of benzene rings is 1. The molecule has 1 aliphatic heterocycles. The van der Waals surface area contributed by atoms with Gasteiger partial charge in [0.25, 0.3) is 0 Å². The summed E-state index contributed by atoms with van der Waals surface area (Å²) < 4.78 is 0. The fourth-order valence-electron chi connectivity index (χ4n) is 3.82. The molecule has 0 bridgehead atoms. The molecular formula is C30H49N3O3S. The molecule has 2 aromatic rings. The van der Waals surface area contributed by atoms with Crippen molar-refractivity contribution in [1.29, 1.82) is 0 Å². The minimum Gasteiger partial charge on any atom is -0.391 e. The van der Waals surface area contributed by atoms with E-state index in [1.165, 1.54) is 0 Å². The number of rotatable bonds is 5. The van der Waals surface area contributed by atoms with Crippen LogP contribution in [0.5, 0.6) is 0 Å². The maximum absolute atomic E-state index is 13.0. The van der Waals surface area contributed by atoms with Crippen LogP contribution in [-0.4, -0.2) is 45.5 Å². The maximum Gasteiger partial charge on any atom is 0.243 e. The molecule has 0 aliphatic carbocycles. The topological polar surface area (TPSA) is 82.5 Å². The summed E-state index contributed by atoms with van der Waals surface area (Å²) in [5.41, 5.74) is 5.23. The molecule has 6 nitrogen and oxygen atoms in total. The molecule has 0 spiro atoms. The number of nitrogens with one attached hydrogen (secondary N) is 1. The second-order valence-corrected chi connectivity index (χ2v) is 13.5. The van der Waals surface area contributed by atoms with Crippen LogP contribution in [0.2, 0.25) is 0 Å². The van der Waals surface area contributed by atoms with Crippen LogP contribution in [-0.2, 0) is 9.59 Å². The molecule has 37 heavy (non-hydrogen) atoms. The van der Waals surface area contributed by atoms with Gasteiger partial charge in [0.2, 0.25) is 11.8 Å². The van der Waals surface area contributed by atoms with Gasteiger partial charge in [-0.1, -0.05) is 87.1 Å². The van der Waals surface area contributed by atoms with Gasteiger partial charge in [-0.3, -0.25) is 9.59 Å². The molecule has 0 saturated carbocycles. The highest BCUT2D eigenvalue weighted by atomic mass is 32.1. The zero-order valence-corrected chi connectivity index (χ0v) is 24.5. The zero-order chi connectivity index (χ0) is 27.4. The van der Waals surface area contributed by atoms with Crippen molar-refractivity contribution in [1.82, 2.24) is 15.2 Å². The Bertz CT molecular complexity index is 1010. The highest BCUT2D eigenvalue weighted by Gasteiger charge is 2.42. The molecule has 2 N–H and O–H groups in total. The van der Waals surface area contributed by atoms with E-state index >= 15 is 0 Å². The summed E-state index contributed by atoms with van der Waals surface area (Å²) in [5.74, 6) is -0.546. The van der Waals surface area contributed by atoms with Gasteiger partial charge >= 0.3 is 0 Å². The van der Waals surface area contributed by atoms with E-state index in [4.69, 9.17) is 0 Å². The summed E-state index contributed by atoms with van der Waals surface area (Å²) in [6.45, 7) is 20.8. The van der Waals surface area contributed by atoms with E-state index in [0.29, 0.717) is 5.41 Å². The lowest BCUT2D eigenvalue weighted by Gasteiger charge is -2.33. The number of nitrogens with zero attached hydrogens (tertiary/aromatic N) is 2. The van der Waals surface area contributed by atoms with E-state index in [0.717, 1.165) is 21.7 Å². The Balaban J connectivity index is 0.00000104. The molecule has 0 radical (unpaired) electrons. The van der Waals surface area contributed by atoms with Crippen LogP contribution in [0.15, 0.2) is 29.8 Å². The third-order valence-corrected chi connectivity index (χ3v) is 7.29. The third-order valence-electron chi connectivity index (χ3n) is 6.31. The fraction of sp³-hybridized carbons (Fsp3) is 0.633. The Kier molecular flexibility index (Phi) is 11.5. The largest absolute Gasteiger partial charge is 0.391 e. The van der Waals surface area contributed by atoms with E-state index in [-0.39, 0.29) is 49.6 Å². The molecule has 208 valence electrons. The van der Waals surface area contributed by atoms with Crippen LogP contribution >= 0.6 is 11.3 Å². The van der Waals surface area contributed by atoms with Gasteiger partial charge in [-0.2, -0.15) is 0 Å². The molecule has 2 amide bonds. The van der Waals surface area contributed by atoms with Gasteiger partial charge in [0.15, 0.2) is 0 Å². The molecule has 1 fully saturated rings. The van der Waals surface area contributed by atoms with E-state index in [9.17, 15) is 14.7 Å². The number of aliphatic hydroxyl groups excluding tert-OH is 1. The van der Waals surface area contributed by atoms with Crippen LogP contribution in [0, 0.1) is 23.7 Å². The Morgan fingerprint density at radius 3 is 2.08 bits per heavy atom. The van der Waals surface area contributed by atoms with Crippen molar-refractivity contribution >= 4 is 23.2 Å². The number of thiazole rings is 1. The van der Waals surface area contributed by atoms with Crippen molar-refractivity contribution in [3.05, 3.63) is 41.0 Å². The number of hydrogen-bond acceptors (Lipinski definition) is 5. The number of aliphatic hydroxyl groups is 1. The Hall–Kier alpha value is -2.25. The molecule has 4 atom stereocenters. The quantitative estimate of drug-likeness (QED) is 0.454. The third kappa shape index (κ3) is 9.53. The van der Waals surface area contributed by atoms with Gasteiger partial charge in [0, 0.05) is 18.9 Å². The number of carbonyl (C=O) groups excluding carboxylic acids is 2. The summed E-state index contributed by atoms with van der Waals surface area (Å²) in [6.07, 6.45) is -0.408. The maximum atomic E-state index is 13.0. The van der Waals surface area contributed by atoms with E-state index in [1.807, 2.05) is 71.3 Å². The highest BCUT2D eigenvalue weighted by molar-refractivity contribution is 7.13. The zero-order valence-electron chi connectivity index (χ0n) is 23.7. The minimum absolute atomic E-state index is 0. The summed E-state index contributed by atoms with van der Waals surface area (Å²) >= 11 is 1.61. The number of aromatic nitrogens is 1. The first-order chi connectivity index (χ1) is 16.5. The van der Waals surface area contributed by atoms with Crippen LogP contribution in [0.3, 0.4) is 0 Å². The smallest absolute Gasteiger partial charge is 0.243 e. The van der Waals surface area contributed by atoms with Crippen molar-refractivity contribution in [2.45, 2.75) is 101 Å². The molecular weight excluding hydrogens is 482 g/mol. The Morgan fingerprint density at radius 1 is 1.08 bits per heavy atom. The summed E-state index contributed by atoms with van der Waals surface area (Å²) in [5, 5.41) is 13.2. The number of amides is 2. The lowest BCUT2D eigenvalue weighted by molar-refractivity contribution is -0.144. The number of carbonyl (C=O) groups is 2. The van der Waals surface area contributed by atoms with E-state index < -0.39 is 12.1 Å².